The minimum atomic E-state index is 0.0794. The van der Waals surface area contributed by atoms with Gasteiger partial charge in [-0.05, 0) is 43.9 Å². The predicted molar refractivity (Wildman–Crippen MR) is 56.7 cm³/mol. The van der Waals surface area contributed by atoms with E-state index in [1.165, 1.54) is 12.8 Å². The van der Waals surface area contributed by atoms with Crippen molar-refractivity contribution in [1.29, 1.82) is 0 Å². The van der Waals surface area contributed by atoms with E-state index in [1.54, 1.807) is 0 Å². The number of hydrogen-bond donors (Lipinski definition) is 1. The quantitative estimate of drug-likeness (QED) is 0.819. The molecule has 0 bridgehead atoms. The molecule has 0 radical (unpaired) electrons. The van der Waals surface area contributed by atoms with Gasteiger partial charge in [-0.2, -0.15) is 0 Å². The molecule has 0 atom stereocenters. The topological polar surface area (TPSA) is 48.4 Å². The average Bonchev–Trinajstić information content (AvgIpc) is 2.83. The molecule has 1 saturated heterocycles. The van der Waals surface area contributed by atoms with Gasteiger partial charge in [0.05, 0.1) is 18.6 Å². The smallest absolute Gasteiger partial charge is 0.115 e. The van der Waals surface area contributed by atoms with Gasteiger partial charge in [0, 0.05) is 0 Å². The average molecular weight is 207 g/mol. The van der Waals surface area contributed by atoms with E-state index < -0.39 is 0 Å². The van der Waals surface area contributed by atoms with Crippen LogP contribution < -0.4 is 5.73 Å². The van der Waals surface area contributed by atoms with Gasteiger partial charge in [0.1, 0.15) is 11.5 Å². The summed E-state index contributed by atoms with van der Waals surface area (Å²) in [5.74, 6) is 2.05. The zero-order chi connectivity index (χ0) is 10.5. The second-order valence-corrected chi connectivity index (χ2v) is 4.97. The SMILES string of the molecule is Cc1ccc(C2(C3(CN)CC3)COC2)o1. The van der Waals surface area contributed by atoms with Gasteiger partial charge in [-0.25, -0.2) is 0 Å². The zero-order valence-corrected chi connectivity index (χ0v) is 9.08. The highest BCUT2D eigenvalue weighted by molar-refractivity contribution is 5.29. The molecule has 15 heavy (non-hydrogen) atoms. The summed E-state index contributed by atoms with van der Waals surface area (Å²) in [5, 5.41) is 0. The molecule has 2 aliphatic rings. The fraction of sp³-hybridized carbons (Fsp3) is 0.667. The normalized spacial score (nSPS) is 26.0. The van der Waals surface area contributed by atoms with Crippen molar-refractivity contribution in [3.63, 3.8) is 0 Å². The fourth-order valence-corrected chi connectivity index (χ4v) is 2.74. The van der Waals surface area contributed by atoms with Crippen molar-refractivity contribution in [2.75, 3.05) is 19.8 Å². The molecular weight excluding hydrogens is 190 g/mol. The van der Waals surface area contributed by atoms with Crippen LogP contribution in [0.3, 0.4) is 0 Å². The Labute approximate surface area is 89.6 Å². The van der Waals surface area contributed by atoms with E-state index in [0.717, 1.165) is 31.3 Å². The third kappa shape index (κ3) is 1.08. The zero-order valence-electron chi connectivity index (χ0n) is 9.08. The standard InChI is InChI=1S/C12H17NO2/c1-9-2-3-10(15-9)12(7-14-8-12)11(6-13)4-5-11/h2-3H,4-8,13H2,1H3. The Morgan fingerprint density at radius 2 is 2.07 bits per heavy atom. The van der Waals surface area contributed by atoms with Crippen LogP contribution in [-0.4, -0.2) is 19.8 Å². The second-order valence-electron chi connectivity index (χ2n) is 4.97. The van der Waals surface area contributed by atoms with E-state index in [0.29, 0.717) is 0 Å². The van der Waals surface area contributed by atoms with Crippen molar-refractivity contribution in [2.24, 2.45) is 11.1 Å². The molecule has 2 N–H and O–H groups in total. The van der Waals surface area contributed by atoms with Gasteiger partial charge < -0.3 is 14.9 Å². The Bertz CT molecular complexity index is 375. The molecule has 1 saturated carbocycles. The number of furan rings is 1. The molecular formula is C12H17NO2. The van der Waals surface area contributed by atoms with Crippen molar-refractivity contribution in [3.05, 3.63) is 23.7 Å². The molecule has 1 aliphatic heterocycles. The first-order valence-electron chi connectivity index (χ1n) is 5.57. The molecule has 0 aromatic carbocycles. The molecule has 1 aromatic heterocycles. The molecule has 3 nitrogen and oxygen atoms in total. The van der Waals surface area contributed by atoms with Gasteiger partial charge in [-0.1, -0.05) is 0 Å². The van der Waals surface area contributed by atoms with Crippen molar-refractivity contribution < 1.29 is 9.15 Å². The summed E-state index contributed by atoms with van der Waals surface area (Å²) in [5.41, 5.74) is 6.25. The number of rotatable bonds is 3. The lowest BCUT2D eigenvalue weighted by Gasteiger charge is -2.46. The summed E-state index contributed by atoms with van der Waals surface area (Å²) in [7, 11) is 0. The van der Waals surface area contributed by atoms with Gasteiger partial charge in [0.25, 0.3) is 0 Å². The summed E-state index contributed by atoms with van der Waals surface area (Å²) in [6, 6.07) is 4.12. The number of hydrogen-bond acceptors (Lipinski definition) is 3. The first kappa shape index (κ1) is 9.43. The molecule has 82 valence electrons. The molecule has 1 aliphatic carbocycles. The van der Waals surface area contributed by atoms with Crippen molar-refractivity contribution >= 4 is 0 Å². The third-order valence-electron chi connectivity index (χ3n) is 4.17. The fourth-order valence-electron chi connectivity index (χ4n) is 2.74. The van der Waals surface area contributed by atoms with Crippen LogP contribution in [0.2, 0.25) is 0 Å². The maximum absolute atomic E-state index is 5.91. The van der Waals surface area contributed by atoms with E-state index in [-0.39, 0.29) is 10.8 Å². The highest BCUT2D eigenvalue weighted by atomic mass is 16.5. The predicted octanol–water partition coefficient (Wildman–Crippen LogP) is 1.59. The molecule has 2 fully saturated rings. The maximum Gasteiger partial charge on any atom is 0.115 e. The maximum atomic E-state index is 5.91. The summed E-state index contributed by atoms with van der Waals surface area (Å²) in [6.45, 7) is 4.28. The lowest BCUT2D eigenvalue weighted by Crippen LogP contribution is -2.55. The lowest BCUT2D eigenvalue weighted by molar-refractivity contribution is -0.107. The summed E-state index contributed by atoms with van der Waals surface area (Å²) in [6.07, 6.45) is 2.43. The molecule has 0 amide bonds. The first-order chi connectivity index (χ1) is 7.22. The minimum absolute atomic E-state index is 0.0794. The van der Waals surface area contributed by atoms with Crippen molar-refractivity contribution in [1.82, 2.24) is 0 Å². The van der Waals surface area contributed by atoms with E-state index in [2.05, 4.69) is 6.07 Å². The summed E-state index contributed by atoms with van der Waals surface area (Å²) >= 11 is 0. The minimum Gasteiger partial charge on any atom is -0.466 e. The first-order valence-corrected chi connectivity index (χ1v) is 5.57. The van der Waals surface area contributed by atoms with Crippen LogP contribution in [0, 0.1) is 12.3 Å². The third-order valence-corrected chi connectivity index (χ3v) is 4.17. The number of aryl methyl sites for hydroxylation is 1. The van der Waals surface area contributed by atoms with Crippen molar-refractivity contribution in [2.45, 2.75) is 25.2 Å². The lowest BCUT2D eigenvalue weighted by atomic mass is 9.69. The number of nitrogens with two attached hydrogens (primary N) is 1. The summed E-state index contributed by atoms with van der Waals surface area (Å²) in [4.78, 5) is 0. The molecule has 0 spiro atoms. The van der Waals surface area contributed by atoms with Gasteiger partial charge in [0.15, 0.2) is 0 Å². The van der Waals surface area contributed by atoms with E-state index in [9.17, 15) is 0 Å². The van der Waals surface area contributed by atoms with Crippen LogP contribution in [0.4, 0.5) is 0 Å². The van der Waals surface area contributed by atoms with Crippen LogP contribution >= 0.6 is 0 Å². The Morgan fingerprint density at radius 3 is 2.40 bits per heavy atom. The Kier molecular flexibility index (Phi) is 1.80. The van der Waals surface area contributed by atoms with Crippen LogP contribution in [0.1, 0.15) is 24.4 Å². The Hall–Kier alpha value is -0.800. The largest absolute Gasteiger partial charge is 0.466 e. The second kappa shape index (κ2) is 2.86. The van der Waals surface area contributed by atoms with Crippen molar-refractivity contribution in [3.8, 4) is 0 Å². The molecule has 2 heterocycles. The van der Waals surface area contributed by atoms with Crippen LogP contribution in [-0.2, 0) is 10.2 Å². The summed E-state index contributed by atoms with van der Waals surface area (Å²) < 4.78 is 11.2. The van der Waals surface area contributed by atoms with E-state index in [4.69, 9.17) is 14.9 Å². The Morgan fingerprint density at radius 1 is 1.33 bits per heavy atom. The molecule has 3 rings (SSSR count). The molecule has 0 unspecified atom stereocenters. The van der Waals surface area contributed by atoms with E-state index in [1.807, 2.05) is 13.0 Å². The monoisotopic (exact) mass is 207 g/mol. The van der Waals surface area contributed by atoms with Gasteiger partial charge >= 0.3 is 0 Å². The van der Waals surface area contributed by atoms with Gasteiger partial charge in [-0.3, -0.25) is 0 Å². The molecule has 1 aromatic rings. The highest BCUT2D eigenvalue weighted by Crippen LogP contribution is 2.61. The highest BCUT2D eigenvalue weighted by Gasteiger charge is 2.64. The van der Waals surface area contributed by atoms with Gasteiger partial charge in [-0.15, -0.1) is 0 Å². The van der Waals surface area contributed by atoms with E-state index >= 15 is 0 Å². The van der Waals surface area contributed by atoms with Crippen LogP contribution in [0.25, 0.3) is 0 Å². The van der Waals surface area contributed by atoms with Crippen LogP contribution in [0.5, 0.6) is 0 Å². The molecule has 3 heteroatoms. The van der Waals surface area contributed by atoms with Gasteiger partial charge in [0.2, 0.25) is 0 Å². The Balaban J connectivity index is 1.99. The number of ether oxygens (including phenoxy) is 1. The van der Waals surface area contributed by atoms with Crippen LogP contribution in [0.15, 0.2) is 16.5 Å².